The number of nitrogen functional groups attached to an aromatic ring is 1. The van der Waals surface area contributed by atoms with Gasteiger partial charge in [0.2, 0.25) is 0 Å². The molecule has 7 heteroatoms. The van der Waals surface area contributed by atoms with Gasteiger partial charge >= 0.3 is 5.97 Å². The van der Waals surface area contributed by atoms with Crippen LogP contribution in [0.25, 0.3) is 0 Å². The fraction of sp³-hybridized carbons (Fsp3) is 0.636. The van der Waals surface area contributed by atoms with Crippen LogP contribution in [0.5, 0.6) is 0 Å². The molecule has 3 N–H and O–H groups in total. The zero-order valence-electron chi connectivity index (χ0n) is 10.4. The van der Waals surface area contributed by atoms with E-state index in [9.17, 15) is 4.79 Å². The van der Waals surface area contributed by atoms with Gasteiger partial charge in [-0.2, -0.15) is 4.37 Å². The minimum atomic E-state index is -0.422. The molecule has 0 unspecified atom stereocenters. The number of rotatable bonds is 5. The Morgan fingerprint density at radius 2 is 2.33 bits per heavy atom. The zero-order chi connectivity index (χ0) is 13.1. The SMILES string of the molecule is CCOC(=O)c1c(N)nsc1NC1CC(OC)C1. The molecule has 1 aromatic rings. The first-order valence-electron chi connectivity index (χ1n) is 5.87. The molecule has 0 aliphatic heterocycles. The lowest BCUT2D eigenvalue weighted by Crippen LogP contribution is -2.40. The predicted octanol–water partition coefficient (Wildman–Crippen LogP) is 1.49. The molecule has 1 heterocycles. The summed E-state index contributed by atoms with van der Waals surface area (Å²) < 4.78 is 14.2. The summed E-state index contributed by atoms with van der Waals surface area (Å²) in [5.41, 5.74) is 6.04. The summed E-state index contributed by atoms with van der Waals surface area (Å²) in [4.78, 5) is 11.8. The van der Waals surface area contributed by atoms with Crippen LogP contribution in [0.4, 0.5) is 10.8 Å². The number of methoxy groups -OCH3 is 1. The summed E-state index contributed by atoms with van der Waals surface area (Å²) in [6.45, 7) is 2.08. The van der Waals surface area contributed by atoms with Gasteiger partial charge in [-0.05, 0) is 31.3 Å². The third-order valence-corrected chi connectivity index (χ3v) is 3.75. The lowest BCUT2D eigenvalue weighted by molar-refractivity contribution is 0.0329. The summed E-state index contributed by atoms with van der Waals surface area (Å²) in [6, 6.07) is 0.308. The predicted molar refractivity (Wildman–Crippen MR) is 69.9 cm³/mol. The smallest absolute Gasteiger partial charge is 0.344 e. The van der Waals surface area contributed by atoms with Crippen molar-refractivity contribution in [3.05, 3.63) is 5.56 Å². The van der Waals surface area contributed by atoms with E-state index in [0.29, 0.717) is 29.3 Å². The van der Waals surface area contributed by atoms with Crippen LogP contribution >= 0.6 is 11.5 Å². The maximum Gasteiger partial charge on any atom is 0.344 e. The lowest BCUT2D eigenvalue weighted by Gasteiger charge is -2.34. The van der Waals surface area contributed by atoms with E-state index in [1.165, 1.54) is 11.5 Å². The first-order chi connectivity index (χ1) is 8.65. The fourth-order valence-electron chi connectivity index (χ4n) is 1.86. The molecule has 1 saturated carbocycles. The molecule has 1 fully saturated rings. The molecule has 1 aliphatic rings. The molecule has 0 aromatic carbocycles. The average Bonchev–Trinajstić information content (AvgIpc) is 2.64. The number of carbonyl (C=O) groups is 1. The highest BCUT2D eigenvalue weighted by molar-refractivity contribution is 7.11. The fourth-order valence-corrected chi connectivity index (χ4v) is 2.64. The summed E-state index contributed by atoms with van der Waals surface area (Å²) >= 11 is 1.19. The Bertz CT molecular complexity index is 429. The summed E-state index contributed by atoms with van der Waals surface area (Å²) in [6.07, 6.45) is 2.16. The van der Waals surface area contributed by atoms with Gasteiger partial charge in [-0.15, -0.1) is 0 Å². The Balaban J connectivity index is 2.03. The standard InChI is InChI=1S/C11H17N3O3S/c1-3-17-11(15)8-9(12)14-18-10(8)13-6-4-7(5-6)16-2/h6-7,13H,3-5H2,1-2H3,(H2,12,14). The maximum atomic E-state index is 11.8. The van der Waals surface area contributed by atoms with Crippen LogP contribution in [0.15, 0.2) is 0 Å². The van der Waals surface area contributed by atoms with Crippen molar-refractivity contribution in [3.8, 4) is 0 Å². The molecule has 1 aromatic heterocycles. The Kier molecular flexibility index (Phi) is 4.03. The van der Waals surface area contributed by atoms with Crippen LogP contribution in [0.2, 0.25) is 0 Å². The van der Waals surface area contributed by atoms with Crippen LogP contribution < -0.4 is 11.1 Å². The molecule has 0 atom stereocenters. The third-order valence-electron chi connectivity index (χ3n) is 2.96. The van der Waals surface area contributed by atoms with E-state index in [0.717, 1.165) is 12.8 Å². The monoisotopic (exact) mass is 271 g/mol. The normalized spacial score (nSPS) is 22.3. The van der Waals surface area contributed by atoms with Crippen molar-refractivity contribution in [3.63, 3.8) is 0 Å². The van der Waals surface area contributed by atoms with E-state index in [1.807, 2.05) is 0 Å². The molecule has 2 rings (SSSR count). The number of esters is 1. The van der Waals surface area contributed by atoms with Gasteiger partial charge in [0.1, 0.15) is 10.6 Å². The van der Waals surface area contributed by atoms with E-state index in [2.05, 4.69) is 9.69 Å². The number of hydrogen-bond acceptors (Lipinski definition) is 7. The third kappa shape index (κ3) is 2.56. The van der Waals surface area contributed by atoms with Crippen LogP contribution in [0.3, 0.4) is 0 Å². The molecule has 0 spiro atoms. The Labute approximate surface area is 110 Å². The zero-order valence-corrected chi connectivity index (χ0v) is 11.3. The van der Waals surface area contributed by atoms with Crippen LogP contribution in [-0.4, -0.2) is 36.2 Å². The van der Waals surface area contributed by atoms with E-state index in [-0.39, 0.29) is 5.82 Å². The summed E-state index contributed by atoms with van der Waals surface area (Å²) in [7, 11) is 1.70. The average molecular weight is 271 g/mol. The molecule has 0 radical (unpaired) electrons. The van der Waals surface area contributed by atoms with Crippen LogP contribution in [0.1, 0.15) is 30.1 Å². The molecular weight excluding hydrogens is 254 g/mol. The van der Waals surface area contributed by atoms with Crippen LogP contribution in [0, 0.1) is 0 Å². The highest BCUT2D eigenvalue weighted by atomic mass is 32.1. The molecule has 0 bridgehead atoms. The Morgan fingerprint density at radius 1 is 1.61 bits per heavy atom. The van der Waals surface area contributed by atoms with Gasteiger partial charge < -0.3 is 20.5 Å². The van der Waals surface area contributed by atoms with Gasteiger partial charge in [-0.3, -0.25) is 0 Å². The Morgan fingerprint density at radius 3 is 2.94 bits per heavy atom. The van der Waals surface area contributed by atoms with Gasteiger partial charge in [0.05, 0.1) is 12.7 Å². The number of nitrogens with zero attached hydrogens (tertiary/aromatic N) is 1. The number of carbonyl (C=O) groups excluding carboxylic acids is 1. The van der Waals surface area contributed by atoms with Crippen molar-refractivity contribution in [1.82, 2.24) is 4.37 Å². The lowest BCUT2D eigenvalue weighted by atomic mass is 9.89. The van der Waals surface area contributed by atoms with Gasteiger partial charge in [0.25, 0.3) is 0 Å². The highest BCUT2D eigenvalue weighted by Gasteiger charge is 2.31. The molecule has 0 saturated heterocycles. The second-order valence-corrected chi connectivity index (χ2v) is 4.94. The Hall–Kier alpha value is -1.34. The molecular formula is C11H17N3O3S. The highest BCUT2D eigenvalue weighted by Crippen LogP contribution is 2.32. The first-order valence-corrected chi connectivity index (χ1v) is 6.64. The molecule has 18 heavy (non-hydrogen) atoms. The molecule has 1 aliphatic carbocycles. The number of hydrogen-bond donors (Lipinski definition) is 2. The largest absolute Gasteiger partial charge is 0.462 e. The van der Waals surface area contributed by atoms with Crippen molar-refractivity contribution in [1.29, 1.82) is 0 Å². The van der Waals surface area contributed by atoms with Gasteiger partial charge in [0.15, 0.2) is 5.82 Å². The minimum Gasteiger partial charge on any atom is -0.462 e. The van der Waals surface area contributed by atoms with Crippen molar-refractivity contribution >= 4 is 28.3 Å². The van der Waals surface area contributed by atoms with Crippen molar-refractivity contribution in [2.45, 2.75) is 31.9 Å². The van der Waals surface area contributed by atoms with Crippen LogP contribution in [-0.2, 0) is 9.47 Å². The second-order valence-electron chi connectivity index (χ2n) is 4.16. The van der Waals surface area contributed by atoms with Crippen molar-refractivity contribution in [2.24, 2.45) is 0 Å². The number of aromatic nitrogens is 1. The van der Waals surface area contributed by atoms with E-state index in [1.54, 1.807) is 14.0 Å². The van der Waals surface area contributed by atoms with Crippen molar-refractivity contribution < 1.29 is 14.3 Å². The number of anilines is 2. The van der Waals surface area contributed by atoms with E-state index in [4.69, 9.17) is 15.2 Å². The van der Waals surface area contributed by atoms with E-state index < -0.39 is 5.97 Å². The summed E-state index contributed by atoms with van der Waals surface area (Å²) in [5.74, 6) is -0.197. The molecule has 100 valence electrons. The maximum absolute atomic E-state index is 11.8. The molecule has 0 amide bonds. The second kappa shape index (κ2) is 5.53. The van der Waals surface area contributed by atoms with Crippen molar-refractivity contribution in [2.75, 3.05) is 24.8 Å². The van der Waals surface area contributed by atoms with Gasteiger partial charge in [0, 0.05) is 13.2 Å². The van der Waals surface area contributed by atoms with E-state index >= 15 is 0 Å². The van der Waals surface area contributed by atoms with Gasteiger partial charge in [-0.1, -0.05) is 0 Å². The first kappa shape index (κ1) is 13.1. The number of ether oxygens (including phenoxy) is 2. The topological polar surface area (TPSA) is 86.5 Å². The van der Waals surface area contributed by atoms with Gasteiger partial charge in [-0.25, -0.2) is 4.79 Å². The summed E-state index contributed by atoms with van der Waals surface area (Å²) in [5, 5.41) is 3.95. The molecule has 6 nitrogen and oxygen atoms in total. The number of nitrogens with two attached hydrogens (primary N) is 1. The minimum absolute atomic E-state index is 0.226. The number of nitrogens with one attached hydrogen (secondary N) is 1. The quantitative estimate of drug-likeness (QED) is 0.789.